The number of fused-ring (bicyclic) bond motifs is 2. The van der Waals surface area contributed by atoms with E-state index in [9.17, 15) is 0 Å². The van der Waals surface area contributed by atoms with Crippen molar-refractivity contribution in [3.05, 3.63) is 54.5 Å². The second kappa shape index (κ2) is 9.24. The van der Waals surface area contributed by atoms with E-state index in [1.807, 2.05) is 18.6 Å². The summed E-state index contributed by atoms with van der Waals surface area (Å²) in [7, 11) is 2.18. The first-order chi connectivity index (χ1) is 18.2. The fourth-order valence-electron chi connectivity index (χ4n) is 5.60. The third kappa shape index (κ3) is 4.24. The predicted octanol–water partition coefficient (Wildman–Crippen LogP) is 3.91. The highest BCUT2D eigenvalue weighted by molar-refractivity contribution is 5.96. The molecule has 2 aliphatic rings. The molecule has 0 spiro atoms. The molecule has 0 amide bonds. The summed E-state index contributed by atoms with van der Waals surface area (Å²) in [5.41, 5.74) is 8.05. The number of aromatic amines is 2. The molecule has 6 heterocycles. The minimum absolute atomic E-state index is 0.750. The molecule has 7 rings (SSSR count). The average molecular weight is 494 g/mol. The summed E-state index contributed by atoms with van der Waals surface area (Å²) in [6.07, 6.45) is 8.36. The second-order valence-corrected chi connectivity index (χ2v) is 10.3. The Morgan fingerprint density at radius 1 is 0.919 bits per heavy atom. The summed E-state index contributed by atoms with van der Waals surface area (Å²) >= 11 is 0. The van der Waals surface area contributed by atoms with Gasteiger partial charge in [-0.05, 0) is 62.8 Å². The molecular weight excluding hydrogens is 462 g/mol. The lowest BCUT2D eigenvalue weighted by Crippen LogP contribution is -2.44. The van der Waals surface area contributed by atoms with Gasteiger partial charge in [-0.15, -0.1) is 0 Å². The van der Waals surface area contributed by atoms with Crippen LogP contribution in [-0.4, -0.2) is 86.2 Å². The number of imidazole rings is 1. The van der Waals surface area contributed by atoms with E-state index in [0.29, 0.717) is 0 Å². The number of hydrogen-bond donors (Lipinski definition) is 2. The number of benzene rings is 1. The first-order valence-electron chi connectivity index (χ1n) is 13.1. The fourth-order valence-corrected chi connectivity index (χ4v) is 5.60. The van der Waals surface area contributed by atoms with Crippen molar-refractivity contribution in [2.24, 2.45) is 0 Å². The Morgan fingerprint density at radius 3 is 2.62 bits per heavy atom. The van der Waals surface area contributed by atoms with Gasteiger partial charge in [0.25, 0.3) is 0 Å². The molecule has 4 aromatic heterocycles. The molecule has 2 saturated heterocycles. The zero-order valence-corrected chi connectivity index (χ0v) is 21.1. The van der Waals surface area contributed by atoms with E-state index in [2.05, 4.69) is 77.2 Å². The monoisotopic (exact) mass is 493 g/mol. The van der Waals surface area contributed by atoms with E-state index in [-0.39, 0.29) is 0 Å². The van der Waals surface area contributed by atoms with Gasteiger partial charge in [0, 0.05) is 62.4 Å². The lowest BCUT2D eigenvalue weighted by Gasteiger charge is -2.34. The van der Waals surface area contributed by atoms with Crippen molar-refractivity contribution < 1.29 is 0 Å². The molecule has 5 aromatic rings. The van der Waals surface area contributed by atoms with Crippen LogP contribution in [-0.2, 0) is 6.54 Å². The molecule has 0 atom stereocenters. The summed E-state index contributed by atoms with van der Waals surface area (Å²) in [6, 6.07) is 10.7. The van der Waals surface area contributed by atoms with Gasteiger partial charge >= 0.3 is 0 Å². The number of pyridine rings is 2. The zero-order valence-electron chi connectivity index (χ0n) is 21.1. The number of para-hydroxylation sites is 1. The number of nitrogens with zero attached hydrogens (tertiary/aromatic N) is 7. The second-order valence-electron chi connectivity index (χ2n) is 10.3. The fraction of sp³-hybridized carbons (Fsp3) is 0.357. The van der Waals surface area contributed by atoms with Gasteiger partial charge in [0.15, 0.2) is 11.5 Å². The van der Waals surface area contributed by atoms with Crippen LogP contribution in [0.2, 0.25) is 0 Å². The number of nitrogens with one attached hydrogen (secondary N) is 2. The summed E-state index contributed by atoms with van der Waals surface area (Å²) in [4.78, 5) is 25.0. The van der Waals surface area contributed by atoms with Crippen LogP contribution >= 0.6 is 0 Å². The topological polar surface area (TPSA) is 92.9 Å². The number of rotatable bonds is 5. The molecule has 2 aliphatic heterocycles. The molecule has 0 bridgehead atoms. The van der Waals surface area contributed by atoms with Gasteiger partial charge in [-0.3, -0.25) is 15.0 Å². The molecule has 0 aliphatic carbocycles. The van der Waals surface area contributed by atoms with E-state index < -0.39 is 0 Å². The van der Waals surface area contributed by atoms with Crippen LogP contribution in [0.4, 0.5) is 5.69 Å². The quantitative estimate of drug-likeness (QED) is 0.383. The van der Waals surface area contributed by atoms with Gasteiger partial charge in [-0.1, -0.05) is 6.07 Å². The van der Waals surface area contributed by atoms with Crippen molar-refractivity contribution in [1.29, 1.82) is 0 Å². The molecule has 0 unspecified atom stereocenters. The molecule has 9 heteroatoms. The molecule has 0 saturated carbocycles. The van der Waals surface area contributed by atoms with Crippen LogP contribution in [0.25, 0.3) is 44.7 Å². The molecule has 2 fully saturated rings. The number of hydrogen-bond acceptors (Lipinski definition) is 7. The van der Waals surface area contributed by atoms with Crippen LogP contribution in [0.3, 0.4) is 0 Å². The summed E-state index contributed by atoms with van der Waals surface area (Å²) < 4.78 is 0. The molecule has 37 heavy (non-hydrogen) atoms. The van der Waals surface area contributed by atoms with Gasteiger partial charge in [-0.25, -0.2) is 9.97 Å². The van der Waals surface area contributed by atoms with Gasteiger partial charge in [0.2, 0.25) is 0 Å². The van der Waals surface area contributed by atoms with E-state index in [1.54, 1.807) is 0 Å². The SMILES string of the molecule is CN1CCN(c2cccc3[nH]c(-c4n[nH]c5ncc(-c6cncc(CN7CCCC7)c6)cc45)nc23)CC1. The van der Waals surface area contributed by atoms with E-state index in [4.69, 9.17) is 4.98 Å². The van der Waals surface area contributed by atoms with Crippen LogP contribution < -0.4 is 4.90 Å². The molecule has 188 valence electrons. The molecular formula is C28H31N9. The smallest absolute Gasteiger partial charge is 0.159 e. The highest BCUT2D eigenvalue weighted by atomic mass is 15.3. The van der Waals surface area contributed by atoms with E-state index in [1.165, 1.54) is 37.2 Å². The van der Waals surface area contributed by atoms with Crippen LogP contribution in [0, 0.1) is 0 Å². The number of piperazine rings is 1. The number of likely N-dealkylation sites (N-methyl/N-ethyl adjacent to an activating group) is 1. The van der Waals surface area contributed by atoms with E-state index in [0.717, 1.165) is 77.4 Å². The van der Waals surface area contributed by atoms with Gasteiger partial charge in [0.1, 0.15) is 11.2 Å². The van der Waals surface area contributed by atoms with Crippen molar-refractivity contribution in [3.8, 4) is 22.6 Å². The summed E-state index contributed by atoms with van der Waals surface area (Å²) in [5, 5.41) is 8.65. The first-order valence-corrected chi connectivity index (χ1v) is 13.1. The highest BCUT2D eigenvalue weighted by Gasteiger charge is 2.20. The molecule has 0 radical (unpaired) electrons. The minimum atomic E-state index is 0.750. The summed E-state index contributed by atoms with van der Waals surface area (Å²) in [5.74, 6) is 0.752. The normalized spacial score (nSPS) is 17.4. The third-order valence-corrected chi connectivity index (χ3v) is 7.71. The van der Waals surface area contributed by atoms with Crippen LogP contribution in [0.1, 0.15) is 18.4 Å². The molecule has 9 nitrogen and oxygen atoms in total. The maximum Gasteiger partial charge on any atom is 0.159 e. The number of anilines is 1. The van der Waals surface area contributed by atoms with Crippen molar-refractivity contribution in [2.75, 3.05) is 51.2 Å². The number of likely N-dealkylation sites (tertiary alicyclic amines) is 1. The minimum Gasteiger partial charge on any atom is -0.367 e. The lowest BCUT2D eigenvalue weighted by molar-refractivity contribution is 0.313. The van der Waals surface area contributed by atoms with Gasteiger partial charge in [0.05, 0.1) is 16.6 Å². The van der Waals surface area contributed by atoms with Gasteiger partial charge < -0.3 is 14.8 Å². The Morgan fingerprint density at radius 2 is 1.76 bits per heavy atom. The van der Waals surface area contributed by atoms with Crippen molar-refractivity contribution >= 4 is 27.8 Å². The van der Waals surface area contributed by atoms with Gasteiger partial charge in [-0.2, -0.15) is 5.10 Å². The third-order valence-electron chi connectivity index (χ3n) is 7.71. The maximum absolute atomic E-state index is 5.03. The standard InChI is InChI=1S/C28H31N9/c1-35-9-11-37(12-10-35)24-6-4-5-23-26(24)32-28(31-23)25-22-14-21(17-30-27(22)34-33-25)20-13-19(15-29-16-20)18-36-7-2-3-8-36/h4-6,13-17H,2-3,7-12,18H2,1H3,(H,31,32)(H,30,33,34). The average Bonchev–Trinajstić information content (AvgIpc) is 3.68. The molecule has 2 N–H and O–H groups in total. The Hall–Kier alpha value is -3.82. The Bertz CT molecular complexity index is 1550. The Kier molecular flexibility index (Phi) is 5.59. The van der Waals surface area contributed by atoms with Crippen LogP contribution in [0.15, 0.2) is 48.9 Å². The summed E-state index contributed by atoms with van der Waals surface area (Å²) in [6.45, 7) is 7.40. The van der Waals surface area contributed by atoms with Crippen molar-refractivity contribution in [3.63, 3.8) is 0 Å². The van der Waals surface area contributed by atoms with Crippen molar-refractivity contribution in [1.82, 2.24) is 39.9 Å². The van der Waals surface area contributed by atoms with Crippen LogP contribution in [0.5, 0.6) is 0 Å². The molecule has 1 aromatic carbocycles. The largest absolute Gasteiger partial charge is 0.367 e. The maximum atomic E-state index is 5.03. The predicted molar refractivity (Wildman–Crippen MR) is 146 cm³/mol. The first kappa shape index (κ1) is 22.4. The zero-order chi connectivity index (χ0) is 24.8. The highest BCUT2D eigenvalue weighted by Crippen LogP contribution is 2.32. The number of aromatic nitrogens is 6. The number of H-pyrrole nitrogens is 2. The Balaban J connectivity index is 1.24. The Labute approximate surface area is 215 Å². The lowest BCUT2D eigenvalue weighted by atomic mass is 10.1. The van der Waals surface area contributed by atoms with E-state index >= 15 is 0 Å². The van der Waals surface area contributed by atoms with Crippen molar-refractivity contribution in [2.45, 2.75) is 19.4 Å².